The molecule has 0 saturated heterocycles. The Morgan fingerprint density at radius 1 is 0.266 bits per heavy atom. The zero-order valence-corrected chi connectivity index (χ0v) is 77.2. The maximum Gasteiger partial charge on any atom is 0.193 e. The molecule has 0 aliphatic heterocycles. The molecule has 12 aromatic carbocycles. The van der Waals surface area contributed by atoms with E-state index in [1.165, 1.54) is 158 Å². The minimum atomic E-state index is -0.575. The van der Waals surface area contributed by atoms with Gasteiger partial charge in [-0.15, -0.1) is 0 Å². The number of carbonyl (C=O) groups is 1. The average Bonchev–Trinajstić information content (AvgIpc) is 1.22. The van der Waals surface area contributed by atoms with Crippen LogP contribution in [0.2, 0.25) is 0 Å². The number of fused-ring (bicyclic) bond motifs is 7. The molecule has 2 unspecified atom stereocenters. The second-order valence-corrected chi connectivity index (χ2v) is 43.8. The Morgan fingerprint density at radius 3 is 0.742 bits per heavy atom. The summed E-state index contributed by atoms with van der Waals surface area (Å²) in [5.74, 6) is 2.35. The Balaban J connectivity index is 0.000000172. The summed E-state index contributed by atoms with van der Waals surface area (Å²) >= 11 is 0. The SMILES string of the molecule is C.C.C.C.CC(C)(C)c1ccc(C2(c3ccc(C(C)(C)C)cc3)CC3CCC2C3)cc1.CC(C)(C)c1ccc(C2(c3ccc(C(C)(C)C)cc3)CCCCC2)cc1.CC(C)(C)c1ccc(C2(c3ccc(C(C)(C)C)cc3)c3ccccc3C(=O)c3ccccc32)cc1.CC(C)c1ccc(C2(c3ccc(C(C)(C)C)cc3)c3ccccc3-c3ccccc32)cc1. The largest absolute Gasteiger partial charge is 0.289 e. The van der Waals surface area contributed by atoms with Crippen LogP contribution in [0.3, 0.4) is 0 Å². The van der Waals surface area contributed by atoms with Gasteiger partial charge in [0, 0.05) is 22.0 Å². The molecule has 3 saturated carbocycles. The van der Waals surface area contributed by atoms with Gasteiger partial charge in [-0.1, -0.05) is 506 Å². The van der Waals surface area contributed by atoms with E-state index < -0.39 is 5.41 Å². The highest BCUT2D eigenvalue weighted by Gasteiger charge is 2.54. The van der Waals surface area contributed by atoms with Crippen molar-refractivity contribution in [2.75, 3.05) is 0 Å². The van der Waals surface area contributed by atoms with Crippen LogP contribution in [-0.4, -0.2) is 5.78 Å². The van der Waals surface area contributed by atoms with Gasteiger partial charge in [-0.05, 0) is 210 Å². The molecule has 1 nitrogen and oxygen atoms in total. The Kier molecular flexibility index (Phi) is 28.6. The third-order valence-electron chi connectivity index (χ3n) is 28.4. The van der Waals surface area contributed by atoms with Crippen molar-refractivity contribution in [2.24, 2.45) is 11.8 Å². The van der Waals surface area contributed by atoms with Crippen LogP contribution in [0, 0.1) is 11.8 Å². The monoisotopic (exact) mass is 1650 g/mol. The number of carbonyl (C=O) groups excluding carboxylic acids is 1. The lowest BCUT2D eigenvalue weighted by molar-refractivity contribution is 0.103. The minimum absolute atomic E-state index is 0. The normalized spacial score (nSPS) is 17.0. The smallest absolute Gasteiger partial charge is 0.193 e. The fraction of sp³-hybridized carbons (Fsp3) is 0.407. The predicted octanol–water partition coefficient (Wildman–Crippen LogP) is 34.1. The van der Waals surface area contributed by atoms with Gasteiger partial charge < -0.3 is 0 Å². The predicted molar refractivity (Wildman–Crippen MR) is 540 cm³/mol. The number of rotatable bonds is 9. The van der Waals surface area contributed by atoms with Gasteiger partial charge in [0.2, 0.25) is 0 Å². The van der Waals surface area contributed by atoms with Crippen LogP contribution < -0.4 is 0 Å². The Labute approximate surface area is 754 Å². The van der Waals surface area contributed by atoms with Gasteiger partial charge in [-0.2, -0.15) is 0 Å². The maximum atomic E-state index is 13.6. The highest BCUT2D eigenvalue weighted by molar-refractivity contribution is 6.14. The van der Waals surface area contributed by atoms with Crippen molar-refractivity contribution in [3.8, 4) is 11.1 Å². The molecule has 12 aromatic rings. The standard InChI is InChI=1S/C34H34O.C32H32.C27H36.C26H36.4CH4/c1-32(2,3)23-15-19-25(20-16-23)34(26-21-17-24(18-22-26)33(4,5)6)29-13-9-7-11-27(29)31(35)28-12-8-10-14-30(28)34;1-22(2)23-14-16-25(17-15-23)32(26-20-18-24(19-21-26)31(3,4)5)29-12-8-6-10-27(29)28-11-7-9-13-30(28)32;1-25(2,3)20-9-13-22(14-10-20)27(18-19-7-8-24(27)17-19)23-15-11-21(12-16-23)26(4,5)6;1-24(2,3)20-10-14-22(15-11-20)26(18-8-7-9-19-26)23-16-12-21(13-17-23)25(4,5)6;;;;/h7-22H,1-6H3;6-22H,1-5H3;9-16,19,24H,7-8,17-18H2,1-6H3;10-17H,7-9,18-19H2,1-6H3;4*1H4. The third kappa shape index (κ3) is 18.5. The first-order chi connectivity index (χ1) is 56.6. The zero-order valence-electron chi connectivity index (χ0n) is 77.2. The second-order valence-electron chi connectivity index (χ2n) is 43.8. The van der Waals surface area contributed by atoms with Crippen molar-refractivity contribution in [2.45, 2.75) is 312 Å². The molecule has 124 heavy (non-hydrogen) atoms. The van der Waals surface area contributed by atoms with Gasteiger partial charge >= 0.3 is 0 Å². The van der Waals surface area contributed by atoms with E-state index in [9.17, 15) is 4.79 Å². The molecule has 652 valence electrons. The molecule has 0 N–H and O–H groups in total. The van der Waals surface area contributed by atoms with Crippen molar-refractivity contribution in [1.29, 1.82) is 0 Å². The van der Waals surface area contributed by atoms with Crippen LogP contribution in [0.25, 0.3) is 11.1 Å². The number of hydrogen-bond donors (Lipinski definition) is 0. The van der Waals surface area contributed by atoms with Crippen LogP contribution in [-0.2, 0) is 59.6 Å². The van der Waals surface area contributed by atoms with Crippen molar-refractivity contribution >= 4 is 5.78 Å². The van der Waals surface area contributed by atoms with Gasteiger partial charge in [0.25, 0.3) is 0 Å². The molecule has 0 radical (unpaired) electrons. The van der Waals surface area contributed by atoms with Crippen LogP contribution in [0.5, 0.6) is 0 Å². The molecule has 5 aliphatic rings. The summed E-state index contributed by atoms with van der Waals surface area (Å²) < 4.78 is 0. The van der Waals surface area contributed by atoms with E-state index in [1.807, 2.05) is 24.3 Å². The fourth-order valence-corrected chi connectivity index (χ4v) is 21.1. The Morgan fingerprint density at radius 2 is 0.500 bits per heavy atom. The minimum Gasteiger partial charge on any atom is -0.289 e. The van der Waals surface area contributed by atoms with Crippen LogP contribution in [0.15, 0.2) is 291 Å². The van der Waals surface area contributed by atoms with Crippen LogP contribution >= 0.6 is 0 Å². The summed E-state index contributed by atoms with van der Waals surface area (Å²) in [6.07, 6.45) is 12.2. The first-order valence-corrected chi connectivity index (χ1v) is 45.4. The van der Waals surface area contributed by atoms with E-state index in [0.717, 1.165) is 34.1 Å². The van der Waals surface area contributed by atoms with Gasteiger partial charge in [0.1, 0.15) is 0 Å². The quantitative estimate of drug-likeness (QED) is 0.141. The summed E-state index contributed by atoms with van der Waals surface area (Å²) in [4.78, 5) is 13.6. The Hall–Kier alpha value is -9.69. The van der Waals surface area contributed by atoms with Crippen molar-refractivity contribution < 1.29 is 4.79 Å². The molecule has 0 spiro atoms. The van der Waals surface area contributed by atoms with Gasteiger partial charge in [0.15, 0.2) is 5.78 Å². The molecular weight excluding hydrogens is 1490 g/mol. The molecule has 2 bridgehead atoms. The second kappa shape index (κ2) is 36.7. The summed E-state index contributed by atoms with van der Waals surface area (Å²) in [5.41, 5.74) is 32.0. The number of benzene rings is 12. The van der Waals surface area contributed by atoms with E-state index in [1.54, 1.807) is 11.1 Å². The van der Waals surface area contributed by atoms with Gasteiger partial charge in [-0.25, -0.2) is 0 Å². The number of ketones is 1. The third-order valence-corrected chi connectivity index (χ3v) is 28.4. The topological polar surface area (TPSA) is 17.1 Å². The van der Waals surface area contributed by atoms with Crippen molar-refractivity contribution in [1.82, 2.24) is 0 Å². The average molecular weight is 1650 g/mol. The Bertz CT molecular complexity index is 5250. The van der Waals surface area contributed by atoms with Gasteiger partial charge in [0.05, 0.1) is 10.8 Å². The molecule has 1 heteroatoms. The molecule has 5 aliphatic carbocycles. The lowest BCUT2D eigenvalue weighted by atomic mass is 9.59. The molecule has 2 atom stereocenters. The first-order valence-electron chi connectivity index (χ1n) is 45.4. The zero-order chi connectivity index (χ0) is 86.0. The van der Waals surface area contributed by atoms with Gasteiger partial charge in [-0.3, -0.25) is 4.79 Å². The van der Waals surface area contributed by atoms with E-state index >= 15 is 0 Å². The van der Waals surface area contributed by atoms with Crippen molar-refractivity contribution in [3.05, 3.63) is 414 Å². The first kappa shape index (κ1) is 96.5. The molecule has 0 heterocycles. The highest BCUT2D eigenvalue weighted by atomic mass is 16.1. The lowest BCUT2D eigenvalue weighted by Gasteiger charge is -2.42. The van der Waals surface area contributed by atoms with E-state index in [0.29, 0.717) is 5.92 Å². The number of hydrogen-bond acceptors (Lipinski definition) is 1. The molecule has 0 amide bonds. The summed E-state index contributed by atoms with van der Waals surface area (Å²) in [7, 11) is 0. The lowest BCUT2D eigenvalue weighted by Crippen LogP contribution is -2.38. The van der Waals surface area contributed by atoms with E-state index in [4.69, 9.17) is 0 Å². The molecular formula is C123H154O. The fourth-order valence-electron chi connectivity index (χ4n) is 21.1. The highest BCUT2D eigenvalue weighted by Crippen LogP contribution is 2.61. The van der Waals surface area contributed by atoms with E-state index in [-0.39, 0.29) is 89.6 Å². The summed E-state index contributed by atoms with van der Waals surface area (Å²) in [6.45, 7) is 52.4. The van der Waals surface area contributed by atoms with Crippen molar-refractivity contribution in [3.63, 3.8) is 0 Å². The van der Waals surface area contributed by atoms with E-state index in [2.05, 4.69) is 426 Å². The molecule has 0 aromatic heterocycles. The summed E-state index contributed by atoms with van der Waals surface area (Å²) in [6, 6.07) is 109. The van der Waals surface area contributed by atoms with Crippen LogP contribution in [0.1, 0.15) is 380 Å². The molecule has 17 rings (SSSR count). The summed E-state index contributed by atoms with van der Waals surface area (Å²) in [5, 5.41) is 0. The molecule has 3 fully saturated rings. The van der Waals surface area contributed by atoms with Crippen LogP contribution in [0.4, 0.5) is 0 Å². The maximum absolute atomic E-state index is 13.6.